The lowest BCUT2D eigenvalue weighted by molar-refractivity contribution is 0.142. The first kappa shape index (κ1) is 17.1. The molecular formula is C17H24N2O4. The van der Waals surface area contributed by atoms with Crippen molar-refractivity contribution < 1.29 is 19.1 Å². The quantitative estimate of drug-likeness (QED) is 0.888. The number of carbonyl (C=O) groups excluding carboxylic acids is 1. The lowest BCUT2D eigenvalue weighted by Crippen LogP contribution is -2.41. The van der Waals surface area contributed by atoms with Gasteiger partial charge >= 0.3 is 6.03 Å². The van der Waals surface area contributed by atoms with Crippen molar-refractivity contribution in [2.45, 2.75) is 32.9 Å². The first-order chi connectivity index (χ1) is 10.8. The molecule has 2 unspecified atom stereocenters. The number of nitrogens with one attached hydrogen (secondary N) is 1. The third-order valence-electron chi connectivity index (χ3n) is 3.80. The maximum Gasteiger partial charge on any atom is 0.317 e. The molecule has 126 valence electrons. The second-order valence-corrected chi connectivity index (χ2v) is 5.85. The standard InChI is InChI=1S/C17H24N2O4/c1-10(20)9-19(4)17(21)18-12(3)16-11(2)14-8-13(22-5)6-7-15(14)23-16/h6-8,10,12,20H,9H2,1-5H3,(H,18,21). The number of aryl methyl sites for hydroxylation is 1. The maximum atomic E-state index is 12.1. The summed E-state index contributed by atoms with van der Waals surface area (Å²) in [5.41, 5.74) is 1.74. The fourth-order valence-electron chi connectivity index (χ4n) is 2.60. The Bertz CT molecular complexity index is 693. The molecule has 2 amide bonds. The number of fused-ring (bicyclic) bond motifs is 1. The summed E-state index contributed by atoms with van der Waals surface area (Å²) in [6.45, 7) is 5.75. The summed E-state index contributed by atoms with van der Waals surface area (Å²) < 4.78 is 11.1. The Kier molecular flexibility index (Phi) is 5.15. The Morgan fingerprint density at radius 2 is 2.13 bits per heavy atom. The van der Waals surface area contributed by atoms with Gasteiger partial charge in [-0.3, -0.25) is 0 Å². The van der Waals surface area contributed by atoms with Gasteiger partial charge in [-0.25, -0.2) is 4.79 Å². The van der Waals surface area contributed by atoms with Crippen LogP contribution in [-0.2, 0) is 0 Å². The molecule has 2 rings (SSSR count). The molecule has 0 aliphatic carbocycles. The predicted octanol–water partition coefficient (Wildman–Crippen LogP) is 2.83. The highest BCUT2D eigenvalue weighted by Crippen LogP contribution is 2.31. The number of ether oxygens (including phenoxy) is 1. The normalized spacial score (nSPS) is 13.7. The van der Waals surface area contributed by atoms with E-state index in [0.717, 1.165) is 22.3 Å². The van der Waals surface area contributed by atoms with E-state index in [1.807, 2.05) is 32.0 Å². The van der Waals surface area contributed by atoms with E-state index in [9.17, 15) is 9.90 Å². The van der Waals surface area contributed by atoms with Gasteiger partial charge in [-0.15, -0.1) is 0 Å². The van der Waals surface area contributed by atoms with E-state index in [0.29, 0.717) is 5.76 Å². The molecule has 6 nitrogen and oxygen atoms in total. The van der Waals surface area contributed by atoms with Crippen molar-refractivity contribution in [1.29, 1.82) is 0 Å². The van der Waals surface area contributed by atoms with E-state index in [1.165, 1.54) is 4.90 Å². The molecule has 0 radical (unpaired) electrons. The highest BCUT2D eigenvalue weighted by Gasteiger charge is 2.20. The maximum absolute atomic E-state index is 12.1. The van der Waals surface area contributed by atoms with Crippen molar-refractivity contribution >= 4 is 17.0 Å². The van der Waals surface area contributed by atoms with E-state index in [4.69, 9.17) is 9.15 Å². The number of urea groups is 1. The molecule has 2 atom stereocenters. The van der Waals surface area contributed by atoms with Crippen LogP contribution in [0.25, 0.3) is 11.0 Å². The molecule has 0 saturated carbocycles. The summed E-state index contributed by atoms with van der Waals surface area (Å²) in [5, 5.41) is 13.2. The first-order valence-corrected chi connectivity index (χ1v) is 7.60. The number of furan rings is 1. The van der Waals surface area contributed by atoms with E-state index in [2.05, 4.69) is 5.32 Å². The average Bonchev–Trinajstić information content (AvgIpc) is 2.83. The largest absolute Gasteiger partial charge is 0.497 e. The molecule has 0 fully saturated rings. The number of methoxy groups -OCH3 is 1. The van der Waals surface area contributed by atoms with Crippen LogP contribution in [0.15, 0.2) is 22.6 Å². The molecule has 2 N–H and O–H groups in total. The van der Waals surface area contributed by atoms with Crippen LogP contribution in [0.1, 0.15) is 31.2 Å². The second kappa shape index (κ2) is 6.91. The molecule has 0 aliphatic heterocycles. The SMILES string of the molecule is COc1ccc2oc(C(C)NC(=O)N(C)CC(C)O)c(C)c2c1. The van der Waals surface area contributed by atoms with Gasteiger partial charge in [0.25, 0.3) is 0 Å². The zero-order valence-electron chi connectivity index (χ0n) is 14.2. The van der Waals surface area contributed by atoms with Crippen LogP contribution in [-0.4, -0.2) is 42.8 Å². The van der Waals surface area contributed by atoms with Crippen molar-refractivity contribution in [3.05, 3.63) is 29.5 Å². The summed E-state index contributed by atoms with van der Waals surface area (Å²) in [6.07, 6.45) is -0.568. The van der Waals surface area contributed by atoms with Crippen molar-refractivity contribution in [3.8, 4) is 5.75 Å². The minimum Gasteiger partial charge on any atom is -0.497 e. The predicted molar refractivity (Wildman–Crippen MR) is 88.8 cm³/mol. The van der Waals surface area contributed by atoms with Gasteiger partial charge in [0.05, 0.1) is 19.3 Å². The van der Waals surface area contributed by atoms with Gasteiger partial charge in [0.1, 0.15) is 17.1 Å². The van der Waals surface area contributed by atoms with Gasteiger partial charge in [-0.05, 0) is 39.0 Å². The highest BCUT2D eigenvalue weighted by atomic mass is 16.5. The Labute approximate surface area is 136 Å². The van der Waals surface area contributed by atoms with Crippen LogP contribution < -0.4 is 10.1 Å². The lowest BCUT2D eigenvalue weighted by atomic mass is 10.1. The molecule has 6 heteroatoms. The van der Waals surface area contributed by atoms with Crippen LogP contribution in [0.3, 0.4) is 0 Å². The van der Waals surface area contributed by atoms with Crippen molar-refractivity contribution in [3.63, 3.8) is 0 Å². The van der Waals surface area contributed by atoms with Crippen LogP contribution in [0.5, 0.6) is 5.75 Å². The Morgan fingerprint density at radius 3 is 2.74 bits per heavy atom. The summed E-state index contributed by atoms with van der Waals surface area (Å²) in [6, 6.07) is 5.09. The zero-order chi connectivity index (χ0) is 17.1. The van der Waals surface area contributed by atoms with E-state index in [-0.39, 0.29) is 18.6 Å². The third-order valence-corrected chi connectivity index (χ3v) is 3.80. The fourth-order valence-corrected chi connectivity index (χ4v) is 2.60. The molecule has 0 saturated heterocycles. The zero-order valence-corrected chi connectivity index (χ0v) is 14.2. The van der Waals surface area contributed by atoms with Gasteiger partial charge in [0.2, 0.25) is 0 Å². The topological polar surface area (TPSA) is 74.9 Å². The number of hydrogen-bond acceptors (Lipinski definition) is 4. The summed E-state index contributed by atoms with van der Waals surface area (Å²) in [7, 11) is 3.27. The number of amides is 2. The summed E-state index contributed by atoms with van der Waals surface area (Å²) >= 11 is 0. The van der Waals surface area contributed by atoms with Crippen LogP contribution >= 0.6 is 0 Å². The second-order valence-electron chi connectivity index (χ2n) is 5.85. The highest BCUT2D eigenvalue weighted by molar-refractivity contribution is 5.84. The average molecular weight is 320 g/mol. The van der Waals surface area contributed by atoms with Gasteiger partial charge < -0.3 is 24.5 Å². The van der Waals surface area contributed by atoms with E-state index < -0.39 is 6.10 Å². The number of hydrogen-bond donors (Lipinski definition) is 2. The van der Waals surface area contributed by atoms with Crippen LogP contribution in [0.4, 0.5) is 4.79 Å². The number of aliphatic hydroxyl groups is 1. The minimum atomic E-state index is -0.568. The molecular weight excluding hydrogens is 296 g/mol. The first-order valence-electron chi connectivity index (χ1n) is 7.60. The van der Waals surface area contributed by atoms with Crippen LogP contribution in [0.2, 0.25) is 0 Å². The Balaban J connectivity index is 2.19. The molecule has 2 aromatic rings. The lowest BCUT2D eigenvalue weighted by Gasteiger charge is -2.21. The molecule has 0 spiro atoms. The Hall–Kier alpha value is -2.21. The van der Waals surface area contributed by atoms with E-state index >= 15 is 0 Å². The van der Waals surface area contributed by atoms with Gasteiger partial charge in [-0.1, -0.05) is 0 Å². The molecule has 0 bridgehead atoms. The van der Waals surface area contributed by atoms with Crippen molar-refractivity contribution in [2.75, 3.05) is 20.7 Å². The van der Waals surface area contributed by atoms with Crippen molar-refractivity contribution in [2.24, 2.45) is 0 Å². The number of rotatable bonds is 5. The third kappa shape index (κ3) is 3.76. The fraction of sp³-hybridized carbons (Fsp3) is 0.471. The van der Waals surface area contributed by atoms with Gasteiger partial charge in [-0.2, -0.15) is 0 Å². The number of benzene rings is 1. The number of likely N-dealkylation sites (N-methyl/N-ethyl adjacent to an activating group) is 1. The smallest absolute Gasteiger partial charge is 0.317 e. The number of aliphatic hydroxyl groups excluding tert-OH is 1. The molecule has 1 aromatic carbocycles. The Morgan fingerprint density at radius 1 is 1.43 bits per heavy atom. The number of carbonyl (C=O) groups is 1. The van der Waals surface area contributed by atoms with Gasteiger partial charge in [0.15, 0.2) is 0 Å². The van der Waals surface area contributed by atoms with Crippen LogP contribution in [0, 0.1) is 6.92 Å². The van der Waals surface area contributed by atoms with Gasteiger partial charge in [0, 0.05) is 24.5 Å². The monoisotopic (exact) mass is 320 g/mol. The van der Waals surface area contributed by atoms with Crippen molar-refractivity contribution in [1.82, 2.24) is 10.2 Å². The molecule has 1 heterocycles. The summed E-state index contributed by atoms with van der Waals surface area (Å²) in [4.78, 5) is 13.6. The molecule has 0 aliphatic rings. The van der Waals surface area contributed by atoms with E-state index in [1.54, 1.807) is 21.1 Å². The molecule has 23 heavy (non-hydrogen) atoms. The number of nitrogens with zero attached hydrogens (tertiary/aromatic N) is 1. The summed E-state index contributed by atoms with van der Waals surface area (Å²) in [5.74, 6) is 1.48. The molecule has 1 aromatic heterocycles. The minimum absolute atomic E-state index is 0.254.